The van der Waals surface area contributed by atoms with Crippen molar-refractivity contribution in [3.05, 3.63) is 57.1 Å². The molecule has 7 nitrogen and oxygen atoms in total. The van der Waals surface area contributed by atoms with E-state index < -0.39 is 5.97 Å². The molecule has 1 aliphatic heterocycles. The number of nitrogens with one attached hydrogen (secondary N) is 1. The minimum Gasteiger partial charge on any atom is -0.459 e. The van der Waals surface area contributed by atoms with E-state index in [1.54, 1.807) is 6.92 Å². The molecule has 1 atom stereocenters. The van der Waals surface area contributed by atoms with E-state index in [0.29, 0.717) is 18.3 Å². The molecule has 1 saturated carbocycles. The number of carbonyl (C=O) groups excluding carboxylic acids is 1. The van der Waals surface area contributed by atoms with Gasteiger partial charge in [-0.2, -0.15) is 0 Å². The highest BCUT2D eigenvalue weighted by Crippen LogP contribution is 2.32. The van der Waals surface area contributed by atoms with Gasteiger partial charge in [-0.05, 0) is 50.6 Å². The molecule has 0 radical (unpaired) electrons. The minimum absolute atomic E-state index is 0.163. The molecular formula is C23H29ClN4O3. The first kappa shape index (κ1) is 21.8. The Balaban J connectivity index is 1.40. The quantitative estimate of drug-likeness (QED) is 0.598. The fraction of sp³-hybridized carbons (Fsp3) is 0.522. The first-order valence-corrected chi connectivity index (χ1v) is 11.3. The molecule has 166 valence electrons. The Morgan fingerprint density at radius 3 is 2.77 bits per heavy atom. The summed E-state index contributed by atoms with van der Waals surface area (Å²) in [6.45, 7) is 4.54. The van der Waals surface area contributed by atoms with Crippen molar-refractivity contribution in [1.29, 1.82) is 0 Å². The molecule has 2 aliphatic rings. The average Bonchev–Trinajstić information content (AvgIpc) is 3.48. The molecule has 8 heteroatoms. The number of likely N-dealkylation sites (tertiary alicyclic amines) is 1. The molecule has 4 rings (SSSR count). The van der Waals surface area contributed by atoms with Gasteiger partial charge in [0.25, 0.3) is 5.56 Å². The van der Waals surface area contributed by atoms with Crippen LogP contribution in [0.5, 0.6) is 0 Å². The highest BCUT2D eigenvalue weighted by molar-refractivity contribution is 6.30. The largest absolute Gasteiger partial charge is 0.459 e. The standard InChI is InChI=1S/C23H29ClN4O3/c1-16-21(24)26-22(25-12-19-8-5-11-27(19)13-17-9-10-17)23(30)28(16)14-20(29)31-15-18-6-3-2-4-7-18/h2-4,6-7,17,19H,5,8-15H2,1H3,(H,25,26). The Bertz CT molecular complexity index is 975. The van der Waals surface area contributed by atoms with Gasteiger partial charge in [0, 0.05) is 19.1 Å². The lowest BCUT2D eigenvalue weighted by molar-refractivity contribution is -0.145. The van der Waals surface area contributed by atoms with Crippen LogP contribution in [0.25, 0.3) is 0 Å². The molecule has 2 aromatic rings. The Morgan fingerprint density at radius 2 is 2.03 bits per heavy atom. The maximum atomic E-state index is 13.0. The summed E-state index contributed by atoms with van der Waals surface area (Å²) in [5.41, 5.74) is 0.984. The van der Waals surface area contributed by atoms with E-state index >= 15 is 0 Å². The zero-order valence-corrected chi connectivity index (χ0v) is 18.6. The van der Waals surface area contributed by atoms with E-state index in [2.05, 4.69) is 15.2 Å². The number of anilines is 1. The van der Waals surface area contributed by atoms with E-state index in [1.807, 2.05) is 30.3 Å². The fourth-order valence-corrected chi connectivity index (χ4v) is 4.24. The molecule has 1 unspecified atom stereocenters. The Hall–Kier alpha value is -2.38. The first-order chi connectivity index (χ1) is 15.0. The van der Waals surface area contributed by atoms with Crippen LogP contribution in [-0.4, -0.2) is 46.1 Å². The Labute approximate surface area is 187 Å². The van der Waals surface area contributed by atoms with Gasteiger partial charge in [0.2, 0.25) is 0 Å². The van der Waals surface area contributed by atoms with Gasteiger partial charge in [0.1, 0.15) is 13.2 Å². The van der Waals surface area contributed by atoms with Crippen LogP contribution in [0.15, 0.2) is 35.1 Å². The van der Waals surface area contributed by atoms with Crippen LogP contribution in [0, 0.1) is 12.8 Å². The first-order valence-electron chi connectivity index (χ1n) is 11.0. The predicted octanol–water partition coefficient (Wildman–Crippen LogP) is 3.23. The summed E-state index contributed by atoms with van der Waals surface area (Å²) in [5.74, 6) is 0.532. The normalized spacial score (nSPS) is 18.8. The number of benzene rings is 1. The summed E-state index contributed by atoms with van der Waals surface area (Å²) in [4.78, 5) is 32.1. The molecule has 0 spiro atoms. The predicted molar refractivity (Wildman–Crippen MR) is 120 cm³/mol. The number of aromatic nitrogens is 2. The second-order valence-corrected chi connectivity index (χ2v) is 8.85. The van der Waals surface area contributed by atoms with Crippen molar-refractivity contribution in [1.82, 2.24) is 14.5 Å². The van der Waals surface area contributed by atoms with E-state index in [-0.39, 0.29) is 29.7 Å². The zero-order chi connectivity index (χ0) is 21.8. The maximum Gasteiger partial charge on any atom is 0.326 e. The Morgan fingerprint density at radius 1 is 1.26 bits per heavy atom. The smallest absolute Gasteiger partial charge is 0.326 e. The number of nitrogens with zero attached hydrogens (tertiary/aromatic N) is 3. The third-order valence-electron chi connectivity index (χ3n) is 6.08. The summed E-state index contributed by atoms with van der Waals surface area (Å²) in [5, 5.41) is 3.40. The SMILES string of the molecule is Cc1c(Cl)nc(NCC2CCCN2CC2CC2)c(=O)n1CC(=O)OCc1ccccc1. The van der Waals surface area contributed by atoms with Crippen LogP contribution in [0.1, 0.15) is 36.9 Å². The van der Waals surface area contributed by atoms with Crippen LogP contribution in [0.2, 0.25) is 5.15 Å². The van der Waals surface area contributed by atoms with Gasteiger partial charge < -0.3 is 10.1 Å². The number of rotatable bonds is 9. The van der Waals surface area contributed by atoms with Crippen molar-refractivity contribution >= 4 is 23.4 Å². The van der Waals surface area contributed by atoms with Gasteiger partial charge >= 0.3 is 5.97 Å². The minimum atomic E-state index is -0.492. The van der Waals surface area contributed by atoms with Crippen molar-refractivity contribution in [2.75, 3.05) is 25.0 Å². The molecule has 31 heavy (non-hydrogen) atoms. The lowest BCUT2D eigenvalue weighted by Crippen LogP contribution is -2.38. The Kier molecular flexibility index (Phi) is 6.92. The molecule has 2 fully saturated rings. The van der Waals surface area contributed by atoms with Gasteiger partial charge in [-0.25, -0.2) is 4.98 Å². The van der Waals surface area contributed by atoms with E-state index in [0.717, 1.165) is 31.0 Å². The van der Waals surface area contributed by atoms with Gasteiger partial charge in [0.05, 0.1) is 5.69 Å². The topological polar surface area (TPSA) is 76.5 Å². The summed E-state index contributed by atoms with van der Waals surface area (Å²) in [6, 6.07) is 9.82. The number of esters is 1. The van der Waals surface area contributed by atoms with Crippen LogP contribution < -0.4 is 10.9 Å². The van der Waals surface area contributed by atoms with Gasteiger partial charge in [-0.15, -0.1) is 0 Å². The third kappa shape index (κ3) is 5.66. The molecule has 1 aromatic heterocycles. The molecule has 2 heterocycles. The van der Waals surface area contributed by atoms with Crippen molar-refractivity contribution in [2.24, 2.45) is 5.92 Å². The van der Waals surface area contributed by atoms with Crippen molar-refractivity contribution < 1.29 is 9.53 Å². The number of halogens is 1. The number of ether oxygens (including phenoxy) is 1. The van der Waals surface area contributed by atoms with Crippen molar-refractivity contribution in [3.8, 4) is 0 Å². The summed E-state index contributed by atoms with van der Waals surface area (Å²) >= 11 is 6.28. The highest BCUT2D eigenvalue weighted by atomic mass is 35.5. The van der Waals surface area contributed by atoms with Gasteiger partial charge in [-0.1, -0.05) is 41.9 Å². The highest BCUT2D eigenvalue weighted by Gasteiger charge is 2.31. The fourth-order valence-electron chi connectivity index (χ4n) is 4.05. The average molecular weight is 445 g/mol. The second-order valence-electron chi connectivity index (χ2n) is 8.49. The lowest BCUT2D eigenvalue weighted by atomic mass is 10.2. The van der Waals surface area contributed by atoms with Gasteiger partial charge in [0.15, 0.2) is 11.0 Å². The van der Waals surface area contributed by atoms with E-state index in [9.17, 15) is 9.59 Å². The molecule has 1 aromatic carbocycles. The van der Waals surface area contributed by atoms with Crippen molar-refractivity contribution in [2.45, 2.75) is 51.8 Å². The summed E-state index contributed by atoms with van der Waals surface area (Å²) in [7, 11) is 0. The molecule has 0 bridgehead atoms. The summed E-state index contributed by atoms with van der Waals surface area (Å²) < 4.78 is 6.67. The second kappa shape index (κ2) is 9.83. The zero-order valence-electron chi connectivity index (χ0n) is 17.8. The van der Waals surface area contributed by atoms with E-state index in [1.165, 1.54) is 23.8 Å². The van der Waals surface area contributed by atoms with Crippen molar-refractivity contribution in [3.63, 3.8) is 0 Å². The molecular weight excluding hydrogens is 416 g/mol. The number of hydrogen-bond acceptors (Lipinski definition) is 6. The van der Waals surface area contributed by atoms with E-state index in [4.69, 9.17) is 16.3 Å². The van der Waals surface area contributed by atoms with Gasteiger partial charge in [-0.3, -0.25) is 19.1 Å². The summed E-state index contributed by atoms with van der Waals surface area (Å²) in [6.07, 6.45) is 4.95. The van der Waals surface area contributed by atoms with Crippen LogP contribution >= 0.6 is 11.6 Å². The lowest BCUT2D eigenvalue weighted by Gasteiger charge is -2.25. The monoisotopic (exact) mass is 444 g/mol. The third-order valence-corrected chi connectivity index (χ3v) is 6.44. The number of hydrogen-bond donors (Lipinski definition) is 1. The molecule has 1 N–H and O–H groups in total. The van der Waals surface area contributed by atoms with Crippen LogP contribution in [0.4, 0.5) is 5.82 Å². The van der Waals surface area contributed by atoms with Crippen LogP contribution in [-0.2, 0) is 22.7 Å². The maximum absolute atomic E-state index is 13.0. The number of carbonyl (C=O) groups is 1. The molecule has 1 saturated heterocycles. The molecule has 0 amide bonds. The van der Waals surface area contributed by atoms with Crippen LogP contribution in [0.3, 0.4) is 0 Å². The molecule has 1 aliphatic carbocycles.